The van der Waals surface area contributed by atoms with Crippen molar-refractivity contribution in [3.8, 4) is 5.75 Å². The highest BCUT2D eigenvalue weighted by Gasteiger charge is 2.28. The van der Waals surface area contributed by atoms with Crippen molar-refractivity contribution < 1.29 is 9.53 Å². The number of hydrogen-bond donors (Lipinski definition) is 1. The van der Waals surface area contributed by atoms with Crippen molar-refractivity contribution in [3.05, 3.63) is 65.7 Å². The van der Waals surface area contributed by atoms with E-state index in [-0.39, 0.29) is 10.7 Å². The molecule has 0 spiro atoms. The van der Waals surface area contributed by atoms with Gasteiger partial charge >= 0.3 is 0 Å². The molecular formula is C17H16BrNO2. The van der Waals surface area contributed by atoms with Gasteiger partial charge < -0.3 is 10.1 Å². The maximum atomic E-state index is 12.2. The second kappa shape index (κ2) is 6.31. The van der Waals surface area contributed by atoms with Crippen LogP contribution < -0.4 is 10.1 Å². The lowest BCUT2D eigenvalue weighted by Crippen LogP contribution is -2.38. The molecule has 0 radical (unpaired) electrons. The molecule has 0 aliphatic carbocycles. The number of para-hydroxylation sites is 1. The molecule has 108 valence electrons. The lowest BCUT2D eigenvalue weighted by Gasteiger charge is -2.14. The average molecular weight is 346 g/mol. The Kier molecular flexibility index (Phi) is 4.25. The Labute approximate surface area is 132 Å². The van der Waals surface area contributed by atoms with E-state index in [1.54, 1.807) is 0 Å². The smallest absolute Gasteiger partial charge is 0.261 e. The number of halogens is 1. The van der Waals surface area contributed by atoms with Crippen LogP contribution in [0.3, 0.4) is 0 Å². The van der Waals surface area contributed by atoms with Crippen LogP contribution in [0.25, 0.3) is 0 Å². The maximum absolute atomic E-state index is 12.2. The van der Waals surface area contributed by atoms with Crippen LogP contribution in [0.5, 0.6) is 5.75 Å². The van der Waals surface area contributed by atoms with Crippen molar-refractivity contribution in [1.82, 2.24) is 5.32 Å². The number of amides is 1. The third kappa shape index (κ3) is 3.27. The number of carbonyl (C=O) groups excluding carboxylic acids is 1. The van der Waals surface area contributed by atoms with Gasteiger partial charge in [0.15, 0.2) is 6.10 Å². The summed E-state index contributed by atoms with van der Waals surface area (Å²) in [7, 11) is 0. The van der Waals surface area contributed by atoms with Crippen LogP contribution in [0, 0.1) is 0 Å². The summed E-state index contributed by atoms with van der Waals surface area (Å²) in [5, 5.41) is 2.95. The highest BCUT2D eigenvalue weighted by molar-refractivity contribution is 9.09. The lowest BCUT2D eigenvalue weighted by atomic mass is 10.1. The number of hydrogen-bond acceptors (Lipinski definition) is 2. The first-order valence-electron chi connectivity index (χ1n) is 6.95. The minimum Gasteiger partial charge on any atom is -0.480 e. The Bertz CT molecular complexity index is 605. The number of nitrogens with one attached hydrogen (secondary N) is 1. The molecule has 3 rings (SSSR count). The fourth-order valence-corrected chi connectivity index (χ4v) is 2.88. The molecule has 0 saturated carbocycles. The molecule has 0 fully saturated rings. The molecule has 2 unspecified atom stereocenters. The molecule has 0 aromatic heterocycles. The zero-order valence-corrected chi connectivity index (χ0v) is 13.0. The van der Waals surface area contributed by atoms with Gasteiger partial charge in [0.25, 0.3) is 5.91 Å². The number of alkyl halides is 1. The molecule has 2 aromatic carbocycles. The molecule has 1 heterocycles. The molecule has 1 aliphatic heterocycles. The second-order valence-corrected chi connectivity index (χ2v) is 6.15. The predicted molar refractivity (Wildman–Crippen MR) is 85.7 cm³/mol. The highest BCUT2D eigenvalue weighted by Crippen LogP contribution is 2.28. The molecule has 1 N–H and O–H groups in total. The first-order chi connectivity index (χ1) is 10.2. The Morgan fingerprint density at radius 3 is 2.67 bits per heavy atom. The highest BCUT2D eigenvalue weighted by atomic mass is 79.9. The SMILES string of the molecule is O=C(NCC(Br)c1ccccc1)C1Cc2ccccc2O1. The summed E-state index contributed by atoms with van der Waals surface area (Å²) < 4.78 is 5.68. The van der Waals surface area contributed by atoms with Gasteiger partial charge in [0, 0.05) is 13.0 Å². The summed E-state index contributed by atoms with van der Waals surface area (Å²) in [6.45, 7) is 0.541. The number of fused-ring (bicyclic) bond motifs is 1. The fraction of sp³-hybridized carbons (Fsp3) is 0.235. The molecule has 4 heteroatoms. The average Bonchev–Trinajstić information content (AvgIpc) is 2.97. The van der Waals surface area contributed by atoms with Gasteiger partial charge in [-0.1, -0.05) is 64.5 Å². The van der Waals surface area contributed by atoms with Crippen LogP contribution in [0.4, 0.5) is 0 Å². The van der Waals surface area contributed by atoms with E-state index >= 15 is 0 Å². The zero-order valence-electron chi connectivity index (χ0n) is 11.5. The van der Waals surface area contributed by atoms with Crippen LogP contribution in [-0.2, 0) is 11.2 Å². The first-order valence-corrected chi connectivity index (χ1v) is 7.87. The van der Waals surface area contributed by atoms with Crippen molar-refractivity contribution in [2.24, 2.45) is 0 Å². The topological polar surface area (TPSA) is 38.3 Å². The lowest BCUT2D eigenvalue weighted by molar-refractivity contribution is -0.127. The minimum atomic E-state index is -0.419. The number of rotatable bonds is 4. The molecule has 2 aromatic rings. The van der Waals surface area contributed by atoms with Crippen molar-refractivity contribution in [3.63, 3.8) is 0 Å². The van der Waals surface area contributed by atoms with Crippen LogP contribution >= 0.6 is 15.9 Å². The first kappa shape index (κ1) is 14.1. The van der Waals surface area contributed by atoms with Gasteiger partial charge in [0.2, 0.25) is 0 Å². The normalized spacial score (nSPS) is 17.7. The second-order valence-electron chi connectivity index (χ2n) is 5.04. The van der Waals surface area contributed by atoms with Gasteiger partial charge in [-0.3, -0.25) is 4.79 Å². The molecule has 3 nitrogen and oxygen atoms in total. The maximum Gasteiger partial charge on any atom is 0.261 e. The van der Waals surface area contributed by atoms with E-state index in [2.05, 4.69) is 21.2 Å². The van der Waals surface area contributed by atoms with Crippen LogP contribution in [0.1, 0.15) is 16.0 Å². The van der Waals surface area contributed by atoms with E-state index in [4.69, 9.17) is 4.74 Å². The van der Waals surface area contributed by atoms with Gasteiger partial charge in [-0.2, -0.15) is 0 Å². The summed E-state index contributed by atoms with van der Waals surface area (Å²) in [5.74, 6) is 0.752. The van der Waals surface area contributed by atoms with Crippen molar-refractivity contribution >= 4 is 21.8 Å². The molecule has 1 amide bonds. The summed E-state index contributed by atoms with van der Waals surface area (Å²) in [6, 6.07) is 17.8. The van der Waals surface area contributed by atoms with Gasteiger partial charge in [0.05, 0.1) is 4.83 Å². The van der Waals surface area contributed by atoms with E-state index in [0.717, 1.165) is 16.9 Å². The molecule has 21 heavy (non-hydrogen) atoms. The van der Waals surface area contributed by atoms with E-state index in [9.17, 15) is 4.79 Å². The number of carbonyl (C=O) groups is 1. The van der Waals surface area contributed by atoms with Gasteiger partial charge in [-0.25, -0.2) is 0 Å². The Hall–Kier alpha value is -1.81. The fourth-order valence-electron chi connectivity index (χ4n) is 2.41. The molecule has 1 aliphatic rings. The van der Waals surface area contributed by atoms with Crippen LogP contribution in [0.2, 0.25) is 0 Å². The van der Waals surface area contributed by atoms with Crippen LogP contribution in [-0.4, -0.2) is 18.6 Å². The van der Waals surface area contributed by atoms with E-state index in [1.165, 1.54) is 0 Å². The minimum absolute atomic E-state index is 0.0634. The van der Waals surface area contributed by atoms with Crippen molar-refractivity contribution in [2.45, 2.75) is 17.4 Å². The standard InChI is InChI=1S/C17H16BrNO2/c18-14(12-6-2-1-3-7-12)11-19-17(20)16-10-13-8-4-5-9-15(13)21-16/h1-9,14,16H,10-11H2,(H,19,20). The monoisotopic (exact) mass is 345 g/mol. The summed E-state index contributed by atoms with van der Waals surface area (Å²) in [5.41, 5.74) is 2.24. The number of benzene rings is 2. The van der Waals surface area contributed by atoms with Crippen LogP contribution in [0.15, 0.2) is 54.6 Å². The summed E-state index contributed by atoms with van der Waals surface area (Å²) in [6.07, 6.45) is 0.221. The third-order valence-electron chi connectivity index (χ3n) is 3.56. The quantitative estimate of drug-likeness (QED) is 0.864. The van der Waals surface area contributed by atoms with Crippen molar-refractivity contribution in [2.75, 3.05) is 6.54 Å². The van der Waals surface area contributed by atoms with Gasteiger partial charge in [0.1, 0.15) is 5.75 Å². The zero-order chi connectivity index (χ0) is 14.7. The van der Waals surface area contributed by atoms with Gasteiger partial charge in [-0.15, -0.1) is 0 Å². The summed E-state index contributed by atoms with van der Waals surface area (Å²) >= 11 is 3.60. The molecule has 0 saturated heterocycles. The Balaban J connectivity index is 1.54. The molecule has 2 atom stereocenters. The Morgan fingerprint density at radius 1 is 1.19 bits per heavy atom. The van der Waals surface area contributed by atoms with Crippen molar-refractivity contribution in [1.29, 1.82) is 0 Å². The van der Waals surface area contributed by atoms with E-state index in [0.29, 0.717) is 13.0 Å². The largest absolute Gasteiger partial charge is 0.480 e. The van der Waals surface area contributed by atoms with Gasteiger partial charge in [-0.05, 0) is 17.2 Å². The summed E-state index contributed by atoms with van der Waals surface area (Å²) in [4.78, 5) is 12.3. The molecular weight excluding hydrogens is 330 g/mol. The van der Waals surface area contributed by atoms with E-state index in [1.807, 2.05) is 54.6 Å². The number of ether oxygens (including phenoxy) is 1. The Morgan fingerprint density at radius 2 is 1.90 bits per heavy atom. The molecule has 0 bridgehead atoms. The van der Waals surface area contributed by atoms with E-state index < -0.39 is 6.10 Å². The third-order valence-corrected chi connectivity index (χ3v) is 4.41. The predicted octanol–water partition coefficient (Wildman–Crippen LogP) is 3.24.